The number of carbonyl (C=O) groups excluding carboxylic acids is 2. The Morgan fingerprint density at radius 1 is 0.781 bits per heavy atom. The number of nitrogens with one attached hydrogen (secondary N) is 3. The van der Waals surface area contributed by atoms with E-state index in [1.807, 2.05) is 18.2 Å². The third kappa shape index (κ3) is 6.37. The molecule has 0 radical (unpaired) electrons. The fourth-order valence-corrected chi connectivity index (χ4v) is 3.05. The molecule has 0 heterocycles. The minimum absolute atomic E-state index is 0.0571. The Morgan fingerprint density at radius 2 is 1.44 bits per heavy atom. The van der Waals surface area contributed by atoms with E-state index >= 15 is 0 Å². The Hall–Kier alpha value is -3.75. The van der Waals surface area contributed by atoms with Gasteiger partial charge >= 0.3 is 0 Å². The molecule has 0 aliphatic carbocycles. The summed E-state index contributed by atoms with van der Waals surface area (Å²) in [6.07, 6.45) is 0. The molecule has 0 atom stereocenters. The van der Waals surface area contributed by atoms with Crippen molar-refractivity contribution in [1.82, 2.24) is 5.32 Å². The lowest BCUT2D eigenvalue weighted by atomic mass is 10.1. The minimum atomic E-state index is -0.429. The maximum atomic E-state index is 12.7. The molecule has 3 aromatic rings. The summed E-state index contributed by atoms with van der Waals surface area (Å²) in [7, 11) is 1.57. The average molecular weight is 450 g/mol. The molecule has 3 N–H and O–H groups in total. The first-order valence-corrected chi connectivity index (χ1v) is 10.3. The van der Waals surface area contributed by atoms with Gasteiger partial charge in [-0.05, 0) is 48.6 Å². The standard InChI is InChI=1S/C24H23N3O4S/c1-30-15-16-31-21-14-8-6-12-19(21)23(29)27-24(32)26-20-13-7-5-11-18(20)22(28)25-17-9-3-2-4-10-17/h2-14H,15-16H2,1H3,(H,25,28)(H2,26,27,29,32). The first kappa shape index (κ1) is 22.9. The van der Waals surface area contributed by atoms with Gasteiger partial charge < -0.3 is 20.1 Å². The van der Waals surface area contributed by atoms with E-state index < -0.39 is 5.91 Å². The second-order valence-electron chi connectivity index (χ2n) is 6.61. The highest BCUT2D eigenvalue weighted by Crippen LogP contribution is 2.19. The van der Waals surface area contributed by atoms with Gasteiger partial charge in [-0.1, -0.05) is 42.5 Å². The van der Waals surface area contributed by atoms with Crippen molar-refractivity contribution in [2.24, 2.45) is 0 Å². The summed E-state index contributed by atoms with van der Waals surface area (Å²) in [4.78, 5) is 25.5. The molecule has 0 aliphatic rings. The minimum Gasteiger partial charge on any atom is -0.490 e. The van der Waals surface area contributed by atoms with Crippen LogP contribution in [0.1, 0.15) is 20.7 Å². The Bertz CT molecular complexity index is 1090. The second-order valence-corrected chi connectivity index (χ2v) is 7.02. The molecule has 0 aliphatic heterocycles. The van der Waals surface area contributed by atoms with Crippen molar-refractivity contribution in [3.63, 3.8) is 0 Å². The molecule has 7 nitrogen and oxygen atoms in total. The molecule has 8 heteroatoms. The first-order chi connectivity index (χ1) is 15.6. The normalized spacial score (nSPS) is 10.2. The predicted molar refractivity (Wildman–Crippen MR) is 128 cm³/mol. The lowest BCUT2D eigenvalue weighted by molar-refractivity contribution is 0.0969. The number of anilines is 2. The van der Waals surface area contributed by atoms with Gasteiger partial charge in [-0.2, -0.15) is 0 Å². The van der Waals surface area contributed by atoms with Gasteiger partial charge in [-0.25, -0.2) is 0 Å². The molecule has 0 aromatic heterocycles. The van der Waals surface area contributed by atoms with Gasteiger partial charge in [0, 0.05) is 12.8 Å². The molecule has 0 spiro atoms. The van der Waals surface area contributed by atoms with Crippen molar-refractivity contribution < 1.29 is 19.1 Å². The largest absolute Gasteiger partial charge is 0.490 e. The molecule has 164 valence electrons. The van der Waals surface area contributed by atoms with Gasteiger partial charge in [-0.3, -0.25) is 14.9 Å². The van der Waals surface area contributed by atoms with Gasteiger partial charge in [0.15, 0.2) is 5.11 Å². The molecule has 2 amide bonds. The quantitative estimate of drug-likeness (QED) is 0.355. The maximum absolute atomic E-state index is 12.7. The van der Waals surface area contributed by atoms with Crippen LogP contribution in [0.15, 0.2) is 78.9 Å². The average Bonchev–Trinajstić information content (AvgIpc) is 2.80. The number of ether oxygens (including phenoxy) is 2. The van der Waals surface area contributed by atoms with Crippen LogP contribution in [0.5, 0.6) is 5.75 Å². The van der Waals surface area contributed by atoms with E-state index in [1.54, 1.807) is 67.8 Å². The van der Waals surface area contributed by atoms with Crippen molar-refractivity contribution in [2.45, 2.75) is 0 Å². The molecular weight excluding hydrogens is 426 g/mol. The van der Waals surface area contributed by atoms with Crippen molar-refractivity contribution in [1.29, 1.82) is 0 Å². The topological polar surface area (TPSA) is 88.7 Å². The van der Waals surface area contributed by atoms with Crippen LogP contribution >= 0.6 is 12.2 Å². The summed E-state index contributed by atoms with van der Waals surface area (Å²) in [5, 5.41) is 8.45. The fraction of sp³-hybridized carbons (Fsp3) is 0.125. The van der Waals surface area contributed by atoms with E-state index in [1.165, 1.54) is 0 Å². The van der Waals surface area contributed by atoms with Crippen LogP contribution in [-0.2, 0) is 4.74 Å². The Balaban J connectivity index is 1.67. The number of rotatable bonds is 8. The number of hydrogen-bond donors (Lipinski definition) is 3. The van der Waals surface area contributed by atoms with Gasteiger partial charge in [0.05, 0.1) is 23.4 Å². The Morgan fingerprint density at radius 3 is 2.19 bits per heavy atom. The van der Waals surface area contributed by atoms with Crippen LogP contribution in [-0.4, -0.2) is 37.3 Å². The summed E-state index contributed by atoms with van der Waals surface area (Å²) < 4.78 is 10.6. The van der Waals surface area contributed by atoms with Crippen molar-refractivity contribution in [2.75, 3.05) is 31.0 Å². The van der Waals surface area contributed by atoms with E-state index in [0.717, 1.165) is 0 Å². The summed E-state index contributed by atoms with van der Waals surface area (Å²) in [6.45, 7) is 0.713. The second kappa shape index (κ2) is 11.6. The zero-order chi connectivity index (χ0) is 22.8. The van der Waals surface area contributed by atoms with Crippen molar-refractivity contribution >= 4 is 40.5 Å². The summed E-state index contributed by atoms with van der Waals surface area (Å²) in [6, 6.07) is 22.9. The molecular formula is C24H23N3O4S. The highest BCUT2D eigenvalue weighted by Gasteiger charge is 2.16. The summed E-state index contributed by atoms with van der Waals surface area (Å²) >= 11 is 5.30. The number of amides is 2. The third-order valence-electron chi connectivity index (χ3n) is 4.36. The Labute approximate surface area is 191 Å². The van der Waals surface area contributed by atoms with Crippen LogP contribution in [0.3, 0.4) is 0 Å². The van der Waals surface area contributed by atoms with Gasteiger partial charge in [0.25, 0.3) is 11.8 Å². The van der Waals surface area contributed by atoms with E-state index in [0.29, 0.717) is 41.5 Å². The monoisotopic (exact) mass is 449 g/mol. The van der Waals surface area contributed by atoms with Gasteiger partial charge in [0.1, 0.15) is 12.4 Å². The smallest absolute Gasteiger partial charge is 0.261 e. The lowest BCUT2D eigenvalue weighted by Crippen LogP contribution is -2.35. The van der Waals surface area contributed by atoms with E-state index in [-0.39, 0.29) is 11.0 Å². The molecule has 0 saturated carbocycles. The molecule has 0 bridgehead atoms. The fourth-order valence-electron chi connectivity index (χ4n) is 2.85. The van der Waals surface area contributed by atoms with Crippen LogP contribution in [0, 0.1) is 0 Å². The van der Waals surface area contributed by atoms with Crippen LogP contribution in [0.25, 0.3) is 0 Å². The number of benzene rings is 3. The molecule has 32 heavy (non-hydrogen) atoms. The van der Waals surface area contributed by atoms with E-state index in [9.17, 15) is 9.59 Å². The summed E-state index contributed by atoms with van der Waals surface area (Å²) in [5.74, 6) is -0.306. The SMILES string of the molecule is COCCOc1ccccc1C(=O)NC(=S)Nc1ccccc1C(=O)Nc1ccccc1. The highest BCUT2D eigenvalue weighted by molar-refractivity contribution is 7.80. The highest BCUT2D eigenvalue weighted by atomic mass is 32.1. The molecule has 0 fully saturated rings. The Kier molecular flexibility index (Phi) is 8.30. The molecule has 0 unspecified atom stereocenters. The zero-order valence-electron chi connectivity index (χ0n) is 17.5. The lowest BCUT2D eigenvalue weighted by Gasteiger charge is -2.15. The number of hydrogen-bond acceptors (Lipinski definition) is 5. The number of carbonyl (C=O) groups is 2. The van der Waals surface area contributed by atoms with Gasteiger partial charge in [-0.15, -0.1) is 0 Å². The maximum Gasteiger partial charge on any atom is 0.261 e. The van der Waals surface area contributed by atoms with Gasteiger partial charge in [0.2, 0.25) is 0 Å². The van der Waals surface area contributed by atoms with Crippen LogP contribution in [0.2, 0.25) is 0 Å². The number of thiocarbonyl (C=S) groups is 1. The molecule has 3 aromatic carbocycles. The van der Waals surface area contributed by atoms with Crippen LogP contribution in [0.4, 0.5) is 11.4 Å². The number of para-hydroxylation sites is 3. The molecule has 3 rings (SSSR count). The number of methoxy groups -OCH3 is 1. The third-order valence-corrected chi connectivity index (χ3v) is 4.56. The van der Waals surface area contributed by atoms with Crippen molar-refractivity contribution in [3.05, 3.63) is 90.0 Å². The van der Waals surface area contributed by atoms with Crippen LogP contribution < -0.4 is 20.7 Å². The van der Waals surface area contributed by atoms with E-state index in [4.69, 9.17) is 21.7 Å². The van der Waals surface area contributed by atoms with E-state index in [2.05, 4.69) is 16.0 Å². The summed E-state index contributed by atoms with van der Waals surface area (Å²) in [5.41, 5.74) is 1.86. The molecule has 0 saturated heterocycles. The first-order valence-electron chi connectivity index (χ1n) is 9.87. The van der Waals surface area contributed by atoms with Crippen molar-refractivity contribution in [3.8, 4) is 5.75 Å². The predicted octanol–water partition coefficient (Wildman–Crippen LogP) is 4.09. The zero-order valence-corrected chi connectivity index (χ0v) is 18.3.